The van der Waals surface area contributed by atoms with Gasteiger partial charge in [-0.3, -0.25) is 19.7 Å². The van der Waals surface area contributed by atoms with E-state index < -0.39 is 10.8 Å². The van der Waals surface area contributed by atoms with Crippen molar-refractivity contribution in [2.75, 3.05) is 13.7 Å². The number of benzene rings is 2. The van der Waals surface area contributed by atoms with Crippen molar-refractivity contribution in [1.82, 2.24) is 5.32 Å². The fourth-order valence-corrected chi connectivity index (χ4v) is 3.80. The highest BCUT2D eigenvalue weighted by molar-refractivity contribution is 5.99. The van der Waals surface area contributed by atoms with Crippen LogP contribution in [0.4, 0.5) is 5.69 Å². The first-order valence-electron chi connectivity index (χ1n) is 12.2. The monoisotopic (exact) mass is 484 g/mol. The van der Waals surface area contributed by atoms with E-state index in [4.69, 9.17) is 4.74 Å². The maximum absolute atomic E-state index is 12.7. The molecule has 0 bridgehead atoms. The summed E-state index contributed by atoms with van der Waals surface area (Å²) >= 11 is 0. The fraction of sp³-hybridized carbons (Fsp3) is 0.481. The van der Waals surface area contributed by atoms with Crippen LogP contribution < -0.4 is 10.1 Å². The van der Waals surface area contributed by atoms with E-state index >= 15 is 0 Å². The van der Waals surface area contributed by atoms with Crippen LogP contribution in [0.5, 0.6) is 5.75 Å². The van der Waals surface area contributed by atoms with Crippen LogP contribution in [-0.4, -0.2) is 30.5 Å². The molecule has 1 amide bonds. The molecule has 35 heavy (non-hydrogen) atoms. The predicted molar refractivity (Wildman–Crippen MR) is 135 cm³/mol. The Labute approximate surface area is 207 Å². The minimum absolute atomic E-state index is 0.00983. The number of rotatable bonds is 16. The molecule has 0 aliphatic heterocycles. The normalized spacial score (nSPS) is 10.6. The summed E-state index contributed by atoms with van der Waals surface area (Å²) in [6, 6.07) is 12.5. The van der Waals surface area contributed by atoms with Crippen LogP contribution in [0, 0.1) is 17.0 Å². The molecule has 2 aromatic rings. The number of nitro groups is 1. The number of carbonyl (C=O) groups excluding carboxylic acids is 2. The van der Waals surface area contributed by atoms with Crippen LogP contribution in [0.25, 0.3) is 0 Å². The zero-order chi connectivity index (χ0) is 25.5. The molecule has 0 aromatic heterocycles. The van der Waals surface area contributed by atoms with E-state index in [-0.39, 0.29) is 29.6 Å². The van der Waals surface area contributed by atoms with Crippen molar-refractivity contribution in [1.29, 1.82) is 0 Å². The Bertz CT molecular complexity index is 962. The van der Waals surface area contributed by atoms with E-state index in [0.29, 0.717) is 18.5 Å². The van der Waals surface area contributed by atoms with Crippen LogP contribution in [0.2, 0.25) is 0 Å². The highest BCUT2D eigenvalue weighted by Gasteiger charge is 2.27. The van der Waals surface area contributed by atoms with E-state index in [1.165, 1.54) is 13.2 Å². The lowest BCUT2D eigenvalue weighted by Crippen LogP contribution is -2.25. The quantitative estimate of drug-likeness (QED) is 0.138. The van der Waals surface area contributed by atoms with Crippen molar-refractivity contribution in [3.8, 4) is 5.75 Å². The largest absolute Gasteiger partial charge is 0.482 e. The molecule has 8 nitrogen and oxygen atoms in total. The second-order valence-electron chi connectivity index (χ2n) is 8.55. The van der Waals surface area contributed by atoms with E-state index in [0.717, 1.165) is 56.9 Å². The van der Waals surface area contributed by atoms with Gasteiger partial charge in [0.15, 0.2) is 0 Å². The van der Waals surface area contributed by atoms with E-state index in [9.17, 15) is 19.7 Å². The van der Waals surface area contributed by atoms with Gasteiger partial charge in [0.2, 0.25) is 5.75 Å². The number of esters is 1. The number of unbranched alkanes of at least 4 members (excludes halogenated alkanes) is 7. The number of methoxy groups -OCH3 is 1. The van der Waals surface area contributed by atoms with Gasteiger partial charge < -0.3 is 14.8 Å². The molecule has 2 aromatic carbocycles. The molecule has 2 rings (SSSR count). The number of ether oxygens (including phenoxy) is 2. The summed E-state index contributed by atoms with van der Waals surface area (Å²) in [4.78, 5) is 35.0. The van der Waals surface area contributed by atoms with E-state index in [1.807, 2.05) is 30.3 Å². The smallest absolute Gasteiger partial charge is 0.323 e. The SMILES string of the molecule is COC(=O)CCCCCCCCCCNC(=O)c1ccc(C)c(OCc2ccccc2)c1[N+](=O)[O-]. The third-order valence-electron chi connectivity index (χ3n) is 5.80. The average molecular weight is 485 g/mol. The maximum Gasteiger partial charge on any atom is 0.323 e. The highest BCUT2D eigenvalue weighted by Crippen LogP contribution is 2.35. The summed E-state index contributed by atoms with van der Waals surface area (Å²) in [5, 5.41) is 14.6. The first-order chi connectivity index (χ1) is 16.9. The van der Waals surface area contributed by atoms with Gasteiger partial charge in [0, 0.05) is 13.0 Å². The standard InChI is InChI=1S/C27H36N2O6/c1-21-17-18-23(25(29(32)33)26(21)35-20-22-14-10-9-11-15-22)27(31)28-19-13-8-6-4-3-5-7-12-16-24(30)34-2/h9-11,14-15,17-18H,3-8,12-13,16,19-20H2,1-2H3,(H,28,31). The molecule has 0 radical (unpaired) electrons. The molecular formula is C27H36N2O6. The maximum atomic E-state index is 12.7. The summed E-state index contributed by atoms with van der Waals surface area (Å²) in [7, 11) is 1.41. The van der Waals surface area contributed by atoms with Gasteiger partial charge in [-0.15, -0.1) is 0 Å². The summed E-state index contributed by atoms with van der Waals surface area (Å²) in [6.45, 7) is 2.37. The molecule has 0 spiro atoms. The second kappa shape index (κ2) is 15.5. The highest BCUT2D eigenvalue weighted by atomic mass is 16.6. The van der Waals surface area contributed by atoms with Crippen molar-refractivity contribution >= 4 is 17.6 Å². The molecule has 0 heterocycles. The van der Waals surface area contributed by atoms with Crippen molar-refractivity contribution < 1.29 is 24.0 Å². The molecule has 1 N–H and O–H groups in total. The Morgan fingerprint density at radius 1 is 0.914 bits per heavy atom. The van der Waals surface area contributed by atoms with Gasteiger partial charge in [-0.2, -0.15) is 0 Å². The average Bonchev–Trinajstić information content (AvgIpc) is 2.86. The molecule has 0 atom stereocenters. The molecule has 0 aliphatic carbocycles. The number of nitrogens with one attached hydrogen (secondary N) is 1. The summed E-state index contributed by atoms with van der Waals surface area (Å²) < 4.78 is 10.4. The van der Waals surface area contributed by atoms with Crippen LogP contribution >= 0.6 is 0 Å². The lowest BCUT2D eigenvalue weighted by Gasteiger charge is -2.13. The number of amides is 1. The topological polar surface area (TPSA) is 108 Å². The van der Waals surface area contributed by atoms with Crippen LogP contribution in [0.15, 0.2) is 42.5 Å². The third kappa shape index (κ3) is 9.76. The lowest BCUT2D eigenvalue weighted by molar-refractivity contribution is -0.386. The zero-order valence-electron chi connectivity index (χ0n) is 20.7. The number of hydrogen-bond acceptors (Lipinski definition) is 6. The van der Waals surface area contributed by atoms with Gasteiger partial charge >= 0.3 is 11.7 Å². The van der Waals surface area contributed by atoms with Gasteiger partial charge in [-0.25, -0.2) is 0 Å². The zero-order valence-corrected chi connectivity index (χ0v) is 20.7. The van der Waals surface area contributed by atoms with Crippen molar-refractivity contribution in [3.05, 3.63) is 69.3 Å². The molecule has 0 fully saturated rings. The van der Waals surface area contributed by atoms with Gasteiger partial charge in [0.25, 0.3) is 5.91 Å². The summed E-state index contributed by atoms with van der Waals surface area (Å²) in [5.41, 5.74) is 1.20. The molecule has 0 aliphatic rings. The number of nitro benzene ring substituents is 1. The molecule has 0 unspecified atom stereocenters. The Hall–Kier alpha value is -3.42. The fourth-order valence-electron chi connectivity index (χ4n) is 3.80. The van der Waals surface area contributed by atoms with Crippen LogP contribution in [0.3, 0.4) is 0 Å². The summed E-state index contributed by atoms with van der Waals surface area (Å²) in [6.07, 6.45) is 8.55. The van der Waals surface area contributed by atoms with Crippen molar-refractivity contribution in [2.24, 2.45) is 0 Å². The second-order valence-corrected chi connectivity index (χ2v) is 8.55. The first-order valence-corrected chi connectivity index (χ1v) is 12.2. The number of nitrogens with zero attached hydrogens (tertiary/aromatic N) is 1. The van der Waals surface area contributed by atoms with Gasteiger partial charge in [-0.1, -0.05) is 74.9 Å². The van der Waals surface area contributed by atoms with Crippen molar-refractivity contribution in [2.45, 2.75) is 71.3 Å². The number of carbonyl (C=O) groups is 2. The molecule has 0 saturated carbocycles. The van der Waals surface area contributed by atoms with E-state index in [2.05, 4.69) is 10.1 Å². The minimum atomic E-state index is -0.548. The number of hydrogen-bond donors (Lipinski definition) is 1. The van der Waals surface area contributed by atoms with Gasteiger partial charge in [0.1, 0.15) is 12.2 Å². The molecule has 0 saturated heterocycles. The molecule has 190 valence electrons. The molecular weight excluding hydrogens is 448 g/mol. The number of aryl methyl sites for hydroxylation is 1. The Kier molecular flexibility index (Phi) is 12.3. The Morgan fingerprint density at radius 2 is 1.54 bits per heavy atom. The first kappa shape index (κ1) is 27.8. The van der Waals surface area contributed by atoms with Crippen molar-refractivity contribution in [3.63, 3.8) is 0 Å². The molecule has 8 heteroatoms. The minimum Gasteiger partial charge on any atom is -0.482 e. The Balaban J connectivity index is 1.77. The van der Waals surface area contributed by atoms with E-state index in [1.54, 1.807) is 13.0 Å². The van der Waals surface area contributed by atoms with Crippen LogP contribution in [0.1, 0.15) is 79.3 Å². The Morgan fingerprint density at radius 3 is 2.17 bits per heavy atom. The lowest BCUT2D eigenvalue weighted by atomic mass is 10.1. The van der Waals surface area contributed by atoms with Gasteiger partial charge in [0.05, 0.1) is 12.0 Å². The van der Waals surface area contributed by atoms with Gasteiger partial charge in [-0.05, 0) is 37.0 Å². The summed E-state index contributed by atoms with van der Waals surface area (Å²) in [5.74, 6) is -0.496. The third-order valence-corrected chi connectivity index (χ3v) is 5.80. The predicted octanol–water partition coefficient (Wildman–Crippen LogP) is 5.90. The van der Waals surface area contributed by atoms with Crippen LogP contribution in [-0.2, 0) is 16.1 Å².